The van der Waals surface area contributed by atoms with E-state index in [1.165, 1.54) is 11.3 Å². The quantitative estimate of drug-likeness (QED) is 0.735. The molecule has 24 heavy (non-hydrogen) atoms. The monoisotopic (exact) mass is 360 g/mol. The van der Waals surface area contributed by atoms with Crippen molar-refractivity contribution in [1.29, 1.82) is 0 Å². The third-order valence-corrected chi connectivity index (χ3v) is 4.56. The maximum absolute atomic E-state index is 12.6. The summed E-state index contributed by atoms with van der Waals surface area (Å²) >= 11 is 7.52. The van der Waals surface area contributed by atoms with E-state index in [1.54, 1.807) is 17.1 Å². The number of nitrogens with zero attached hydrogens (tertiary/aromatic N) is 3. The van der Waals surface area contributed by atoms with Gasteiger partial charge in [0.1, 0.15) is 0 Å². The van der Waals surface area contributed by atoms with Crippen LogP contribution in [0.25, 0.3) is 5.69 Å². The largest absolute Gasteiger partial charge is 0.298 e. The van der Waals surface area contributed by atoms with E-state index in [2.05, 4.69) is 15.4 Å². The van der Waals surface area contributed by atoms with Crippen LogP contribution < -0.4 is 5.32 Å². The van der Waals surface area contributed by atoms with Gasteiger partial charge in [-0.15, -0.1) is 11.3 Å². The number of rotatable bonds is 4. The van der Waals surface area contributed by atoms with Gasteiger partial charge in [0.25, 0.3) is 5.91 Å². The van der Waals surface area contributed by atoms with Crippen LogP contribution in [-0.4, -0.2) is 20.7 Å². The zero-order chi connectivity index (χ0) is 17.3. The zero-order valence-corrected chi connectivity index (χ0v) is 15.1. The molecule has 0 radical (unpaired) electrons. The normalized spacial score (nSPS) is 11.0. The Bertz CT molecular complexity index is 884. The van der Waals surface area contributed by atoms with Crippen LogP contribution in [-0.2, 0) is 0 Å². The van der Waals surface area contributed by atoms with Crippen molar-refractivity contribution >= 4 is 34.0 Å². The van der Waals surface area contributed by atoms with Crippen LogP contribution in [0.5, 0.6) is 0 Å². The second-order valence-corrected chi connectivity index (χ2v) is 7.39. The van der Waals surface area contributed by atoms with Gasteiger partial charge in [0.15, 0.2) is 5.13 Å². The molecule has 7 heteroatoms. The lowest BCUT2D eigenvalue weighted by atomic mass is 10.1. The average Bonchev–Trinajstić information content (AvgIpc) is 3.13. The molecule has 0 bridgehead atoms. The lowest BCUT2D eigenvalue weighted by Crippen LogP contribution is -2.15. The van der Waals surface area contributed by atoms with Gasteiger partial charge in [0.05, 0.1) is 23.1 Å². The highest BCUT2D eigenvalue weighted by Crippen LogP contribution is 2.26. The summed E-state index contributed by atoms with van der Waals surface area (Å²) in [5.74, 6) is -0.0911. The van der Waals surface area contributed by atoms with Crippen LogP contribution in [0.1, 0.15) is 40.7 Å². The molecule has 0 aliphatic heterocycles. The first-order valence-electron chi connectivity index (χ1n) is 7.53. The third kappa shape index (κ3) is 3.34. The van der Waals surface area contributed by atoms with E-state index in [9.17, 15) is 4.79 Å². The van der Waals surface area contributed by atoms with Gasteiger partial charge in [0, 0.05) is 16.1 Å². The summed E-state index contributed by atoms with van der Waals surface area (Å²) < 4.78 is 1.76. The number of thiazole rings is 1. The van der Waals surface area contributed by atoms with E-state index in [0.29, 0.717) is 15.7 Å². The van der Waals surface area contributed by atoms with E-state index in [1.807, 2.05) is 45.0 Å². The van der Waals surface area contributed by atoms with Gasteiger partial charge in [-0.1, -0.05) is 31.5 Å². The molecule has 2 aromatic heterocycles. The van der Waals surface area contributed by atoms with Gasteiger partial charge in [-0.25, -0.2) is 9.67 Å². The van der Waals surface area contributed by atoms with Crippen molar-refractivity contribution in [2.75, 3.05) is 5.32 Å². The molecule has 1 amide bonds. The van der Waals surface area contributed by atoms with E-state index in [0.717, 1.165) is 16.3 Å². The molecule has 0 atom stereocenters. The van der Waals surface area contributed by atoms with Crippen LogP contribution in [0.2, 0.25) is 5.02 Å². The lowest BCUT2D eigenvalue weighted by Gasteiger charge is -2.12. The third-order valence-electron chi connectivity index (χ3n) is 3.49. The fraction of sp³-hybridized carbons (Fsp3) is 0.235. The summed E-state index contributed by atoms with van der Waals surface area (Å²) in [6.07, 6.45) is 3.32. The first-order chi connectivity index (χ1) is 11.5. The summed E-state index contributed by atoms with van der Waals surface area (Å²) in [5.41, 5.74) is 2.20. The highest BCUT2D eigenvalue weighted by atomic mass is 35.5. The minimum atomic E-state index is -0.207. The first-order valence-corrected chi connectivity index (χ1v) is 8.73. The van der Waals surface area contributed by atoms with Gasteiger partial charge in [-0.2, -0.15) is 5.10 Å². The topological polar surface area (TPSA) is 59.8 Å². The van der Waals surface area contributed by atoms with Gasteiger partial charge in [0.2, 0.25) is 0 Å². The van der Waals surface area contributed by atoms with Crippen LogP contribution in [0.4, 0.5) is 5.13 Å². The number of amides is 1. The molecule has 0 saturated heterocycles. The maximum atomic E-state index is 12.6. The van der Waals surface area contributed by atoms with Gasteiger partial charge >= 0.3 is 0 Å². The number of nitrogens with one attached hydrogen (secondary N) is 1. The Morgan fingerprint density at radius 2 is 2.12 bits per heavy atom. The number of carbonyl (C=O) groups excluding carboxylic acids is 1. The Morgan fingerprint density at radius 1 is 1.33 bits per heavy atom. The van der Waals surface area contributed by atoms with E-state index < -0.39 is 0 Å². The molecule has 5 nitrogen and oxygen atoms in total. The Kier molecular flexibility index (Phi) is 4.69. The summed E-state index contributed by atoms with van der Waals surface area (Å²) in [6.45, 7) is 6.01. The van der Waals surface area contributed by atoms with Crippen LogP contribution in [0.15, 0.2) is 36.7 Å². The second-order valence-electron chi connectivity index (χ2n) is 5.72. The molecular weight excluding hydrogens is 344 g/mol. The molecule has 0 unspecified atom stereocenters. The van der Waals surface area contributed by atoms with E-state index >= 15 is 0 Å². The number of aryl methyl sites for hydroxylation is 1. The lowest BCUT2D eigenvalue weighted by molar-refractivity contribution is 0.102. The summed E-state index contributed by atoms with van der Waals surface area (Å²) in [7, 11) is 0. The number of aromatic nitrogens is 3. The van der Waals surface area contributed by atoms with Gasteiger partial charge in [-0.05, 0) is 31.0 Å². The highest BCUT2D eigenvalue weighted by Gasteiger charge is 2.21. The maximum Gasteiger partial charge on any atom is 0.260 e. The minimum Gasteiger partial charge on any atom is -0.298 e. The molecule has 1 aromatic carbocycles. The first kappa shape index (κ1) is 16.7. The number of benzene rings is 1. The number of halogens is 1. The smallest absolute Gasteiger partial charge is 0.260 e. The Balaban J connectivity index is 1.98. The van der Waals surface area contributed by atoms with Crippen molar-refractivity contribution in [3.8, 4) is 5.69 Å². The van der Waals surface area contributed by atoms with Crippen LogP contribution >= 0.6 is 22.9 Å². The number of hydrogen-bond acceptors (Lipinski definition) is 4. The molecule has 0 aliphatic carbocycles. The predicted molar refractivity (Wildman–Crippen MR) is 97.5 cm³/mol. The zero-order valence-electron chi connectivity index (χ0n) is 13.6. The number of hydrogen-bond donors (Lipinski definition) is 1. The standard InChI is InChI=1S/C17H17ClN4OS/c1-10(2)15-14(16(23)21-17-19-8-11(3)24-17)9-20-22(15)13-6-4-5-12(18)7-13/h4-10H,1-3H3,(H,19,21,23). The summed E-state index contributed by atoms with van der Waals surface area (Å²) in [4.78, 5) is 17.9. The van der Waals surface area contributed by atoms with Crippen molar-refractivity contribution < 1.29 is 4.79 Å². The van der Waals surface area contributed by atoms with Crippen LogP contribution in [0.3, 0.4) is 0 Å². The molecule has 124 valence electrons. The molecule has 0 aliphatic rings. The van der Waals surface area contributed by atoms with Crippen molar-refractivity contribution in [2.45, 2.75) is 26.7 Å². The second kappa shape index (κ2) is 6.75. The Hall–Kier alpha value is -2.18. The molecule has 0 saturated carbocycles. The van der Waals surface area contributed by atoms with E-state index in [4.69, 9.17) is 11.6 Å². The molecule has 1 N–H and O–H groups in total. The predicted octanol–water partition coefficient (Wildman–Crippen LogP) is 4.67. The molecule has 3 rings (SSSR count). The number of carbonyl (C=O) groups is 1. The Labute approximate surface area is 149 Å². The van der Waals surface area contributed by atoms with Gasteiger partial charge < -0.3 is 0 Å². The molecule has 2 heterocycles. The molecule has 3 aromatic rings. The fourth-order valence-corrected chi connectivity index (χ4v) is 3.32. The SMILES string of the molecule is Cc1cnc(NC(=O)c2cnn(-c3cccc(Cl)c3)c2C(C)C)s1. The Morgan fingerprint density at radius 3 is 2.75 bits per heavy atom. The molecule has 0 fully saturated rings. The highest BCUT2D eigenvalue weighted by molar-refractivity contribution is 7.15. The summed E-state index contributed by atoms with van der Waals surface area (Å²) in [6, 6.07) is 7.41. The van der Waals surface area contributed by atoms with Crippen LogP contribution in [0, 0.1) is 6.92 Å². The average molecular weight is 361 g/mol. The fourth-order valence-electron chi connectivity index (χ4n) is 2.48. The summed E-state index contributed by atoms with van der Waals surface area (Å²) in [5, 5.41) is 8.45. The van der Waals surface area contributed by atoms with E-state index in [-0.39, 0.29) is 11.8 Å². The van der Waals surface area contributed by atoms with Gasteiger partial charge in [-0.3, -0.25) is 10.1 Å². The minimum absolute atomic E-state index is 0.116. The number of anilines is 1. The molecular formula is C17H17ClN4OS. The van der Waals surface area contributed by atoms with Crippen molar-refractivity contribution in [3.63, 3.8) is 0 Å². The van der Waals surface area contributed by atoms with Crippen molar-refractivity contribution in [2.24, 2.45) is 0 Å². The molecule has 0 spiro atoms. The van der Waals surface area contributed by atoms with Crippen molar-refractivity contribution in [1.82, 2.24) is 14.8 Å². The van der Waals surface area contributed by atoms with Crippen molar-refractivity contribution in [3.05, 3.63) is 57.8 Å².